The normalized spacial score (nSPS) is 10.7. The number of benzene rings is 1. The molecular formula is C12H8N3. The molecule has 3 aromatic rings. The average Bonchev–Trinajstić information content (AvgIpc) is 2.74. The van der Waals surface area contributed by atoms with Crippen molar-refractivity contribution < 1.29 is 0 Å². The maximum atomic E-state index is 4.16. The molecule has 0 fully saturated rings. The largest absolute Gasteiger partial charge is 0.282 e. The highest BCUT2D eigenvalue weighted by atomic mass is 15.2. The van der Waals surface area contributed by atoms with E-state index in [1.807, 2.05) is 53.1 Å². The molecular weight excluding hydrogens is 186 g/mol. The van der Waals surface area contributed by atoms with Crippen LogP contribution in [0.5, 0.6) is 0 Å². The van der Waals surface area contributed by atoms with Crippen LogP contribution in [0.15, 0.2) is 48.7 Å². The quantitative estimate of drug-likeness (QED) is 0.594. The van der Waals surface area contributed by atoms with Crippen molar-refractivity contribution in [2.24, 2.45) is 0 Å². The van der Waals surface area contributed by atoms with Crippen molar-refractivity contribution in [3.8, 4) is 11.4 Å². The van der Waals surface area contributed by atoms with Gasteiger partial charge in [0.25, 0.3) is 0 Å². The third kappa shape index (κ3) is 1.29. The third-order valence-electron chi connectivity index (χ3n) is 2.29. The SMILES string of the molecule is [c]1ccc2nnc(-c3ccccc3)n2c1. The molecule has 1 radical (unpaired) electrons. The Morgan fingerprint density at radius 2 is 1.87 bits per heavy atom. The van der Waals surface area contributed by atoms with Gasteiger partial charge in [-0.15, -0.1) is 10.2 Å². The monoisotopic (exact) mass is 194 g/mol. The molecule has 0 N–H and O–H groups in total. The predicted molar refractivity (Wildman–Crippen MR) is 57.3 cm³/mol. The zero-order chi connectivity index (χ0) is 10.1. The lowest BCUT2D eigenvalue weighted by atomic mass is 10.2. The van der Waals surface area contributed by atoms with Gasteiger partial charge in [0.1, 0.15) is 0 Å². The standard InChI is InChI=1S/C12H8N3/c1-2-6-10(7-3-1)12-14-13-11-8-4-5-9-15(11)12/h1-4,6-9H. The van der Waals surface area contributed by atoms with Gasteiger partial charge in [-0.05, 0) is 12.1 Å². The Balaban J connectivity index is 2.28. The molecule has 2 heterocycles. The average molecular weight is 194 g/mol. The van der Waals surface area contributed by atoms with Gasteiger partial charge in [0.15, 0.2) is 11.5 Å². The fraction of sp³-hybridized carbons (Fsp3) is 0. The van der Waals surface area contributed by atoms with Gasteiger partial charge in [-0.1, -0.05) is 30.3 Å². The lowest BCUT2D eigenvalue weighted by Crippen LogP contribution is -1.87. The van der Waals surface area contributed by atoms with Crippen LogP contribution in [-0.4, -0.2) is 14.6 Å². The number of hydrogen-bond donors (Lipinski definition) is 0. The minimum Gasteiger partial charge on any atom is -0.282 e. The van der Waals surface area contributed by atoms with Gasteiger partial charge in [0.05, 0.1) is 0 Å². The summed E-state index contributed by atoms with van der Waals surface area (Å²) in [6.07, 6.45) is 1.84. The van der Waals surface area contributed by atoms with Crippen molar-refractivity contribution in [1.29, 1.82) is 0 Å². The summed E-state index contributed by atoms with van der Waals surface area (Å²) in [5, 5.41) is 8.25. The van der Waals surface area contributed by atoms with Crippen LogP contribution in [0.1, 0.15) is 0 Å². The Bertz CT molecular complexity index is 584. The van der Waals surface area contributed by atoms with E-state index in [0.29, 0.717) is 0 Å². The number of aromatic nitrogens is 3. The van der Waals surface area contributed by atoms with Gasteiger partial charge in [-0.25, -0.2) is 0 Å². The molecule has 2 aromatic heterocycles. The number of pyridine rings is 1. The van der Waals surface area contributed by atoms with E-state index < -0.39 is 0 Å². The molecule has 0 spiro atoms. The lowest BCUT2D eigenvalue weighted by molar-refractivity contribution is 1.11. The molecule has 3 nitrogen and oxygen atoms in total. The van der Waals surface area contributed by atoms with Crippen LogP contribution in [0, 0.1) is 6.07 Å². The van der Waals surface area contributed by atoms with Crippen molar-refractivity contribution in [2.75, 3.05) is 0 Å². The fourth-order valence-electron chi connectivity index (χ4n) is 1.57. The van der Waals surface area contributed by atoms with Crippen LogP contribution in [0.2, 0.25) is 0 Å². The van der Waals surface area contributed by atoms with Crippen molar-refractivity contribution in [3.05, 3.63) is 54.7 Å². The van der Waals surface area contributed by atoms with Crippen molar-refractivity contribution >= 4 is 5.65 Å². The van der Waals surface area contributed by atoms with Gasteiger partial charge in [0.2, 0.25) is 0 Å². The molecule has 0 saturated heterocycles. The van der Waals surface area contributed by atoms with E-state index in [-0.39, 0.29) is 0 Å². The number of nitrogens with zero attached hydrogens (tertiary/aromatic N) is 3. The van der Waals surface area contributed by atoms with E-state index in [2.05, 4.69) is 16.3 Å². The molecule has 0 saturated carbocycles. The fourth-order valence-corrected chi connectivity index (χ4v) is 1.57. The van der Waals surface area contributed by atoms with E-state index in [0.717, 1.165) is 17.0 Å². The Morgan fingerprint density at radius 3 is 2.73 bits per heavy atom. The minimum atomic E-state index is 0.840. The topological polar surface area (TPSA) is 30.2 Å². The molecule has 0 amide bonds. The first kappa shape index (κ1) is 8.17. The van der Waals surface area contributed by atoms with Crippen LogP contribution in [0.4, 0.5) is 0 Å². The van der Waals surface area contributed by atoms with Gasteiger partial charge in [-0.3, -0.25) is 4.40 Å². The lowest BCUT2D eigenvalue weighted by Gasteiger charge is -1.97. The highest BCUT2D eigenvalue weighted by Gasteiger charge is 2.05. The Hall–Kier alpha value is -2.16. The van der Waals surface area contributed by atoms with Crippen molar-refractivity contribution in [2.45, 2.75) is 0 Å². The summed E-state index contributed by atoms with van der Waals surface area (Å²) in [6.45, 7) is 0. The molecule has 71 valence electrons. The van der Waals surface area contributed by atoms with Crippen LogP contribution < -0.4 is 0 Å². The second kappa shape index (κ2) is 3.20. The van der Waals surface area contributed by atoms with Crippen molar-refractivity contribution in [3.63, 3.8) is 0 Å². The van der Waals surface area contributed by atoms with Gasteiger partial charge in [-0.2, -0.15) is 0 Å². The summed E-state index contributed by atoms with van der Waals surface area (Å²) in [5.41, 5.74) is 1.90. The summed E-state index contributed by atoms with van der Waals surface area (Å²) in [6, 6.07) is 16.7. The van der Waals surface area contributed by atoms with E-state index in [1.54, 1.807) is 0 Å². The molecule has 0 aliphatic heterocycles. The Morgan fingerprint density at radius 1 is 1.00 bits per heavy atom. The zero-order valence-corrected chi connectivity index (χ0v) is 7.96. The van der Waals surface area contributed by atoms with Gasteiger partial charge < -0.3 is 0 Å². The van der Waals surface area contributed by atoms with E-state index in [9.17, 15) is 0 Å². The molecule has 0 bridgehead atoms. The van der Waals surface area contributed by atoms with E-state index in [1.165, 1.54) is 0 Å². The first-order valence-corrected chi connectivity index (χ1v) is 4.71. The molecule has 15 heavy (non-hydrogen) atoms. The first-order chi connectivity index (χ1) is 7.45. The zero-order valence-electron chi connectivity index (χ0n) is 7.96. The minimum absolute atomic E-state index is 0.840. The van der Waals surface area contributed by atoms with Crippen molar-refractivity contribution in [1.82, 2.24) is 14.6 Å². The molecule has 3 rings (SSSR count). The molecule has 1 aromatic carbocycles. The second-order valence-electron chi connectivity index (χ2n) is 3.25. The predicted octanol–water partition coefficient (Wildman–Crippen LogP) is 2.20. The molecule has 0 atom stereocenters. The number of fused-ring (bicyclic) bond motifs is 1. The van der Waals surface area contributed by atoms with E-state index in [4.69, 9.17) is 0 Å². The summed E-state index contributed by atoms with van der Waals surface area (Å²) in [4.78, 5) is 0. The summed E-state index contributed by atoms with van der Waals surface area (Å²) < 4.78 is 1.93. The Labute approximate surface area is 87.0 Å². The number of hydrogen-bond acceptors (Lipinski definition) is 2. The molecule has 0 aliphatic rings. The maximum Gasteiger partial charge on any atom is 0.168 e. The number of rotatable bonds is 1. The second-order valence-corrected chi connectivity index (χ2v) is 3.25. The van der Waals surface area contributed by atoms with Crippen LogP contribution in [0.3, 0.4) is 0 Å². The summed E-state index contributed by atoms with van der Waals surface area (Å²) in [5.74, 6) is 0.849. The molecule has 0 unspecified atom stereocenters. The van der Waals surface area contributed by atoms with E-state index >= 15 is 0 Å². The smallest absolute Gasteiger partial charge is 0.168 e. The summed E-state index contributed by atoms with van der Waals surface area (Å²) >= 11 is 0. The maximum absolute atomic E-state index is 4.16. The van der Waals surface area contributed by atoms with Crippen LogP contribution >= 0.6 is 0 Å². The third-order valence-corrected chi connectivity index (χ3v) is 2.29. The Kier molecular flexibility index (Phi) is 1.75. The first-order valence-electron chi connectivity index (χ1n) is 4.71. The highest BCUT2D eigenvalue weighted by molar-refractivity contribution is 5.58. The van der Waals surface area contributed by atoms with Crippen LogP contribution in [0.25, 0.3) is 17.0 Å². The van der Waals surface area contributed by atoms with Crippen LogP contribution in [-0.2, 0) is 0 Å². The highest BCUT2D eigenvalue weighted by Crippen LogP contribution is 2.16. The molecule has 0 aliphatic carbocycles. The summed E-state index contributed by atoms with van der Waals surface area (Å²) in [7, 11) is 0. The molecule has 3 heteroatoms. The van der Waals surface area contributed by atoms with Gasteiger partial charge >= 0.3 is 0 Å². The van der Waals surface area contributed by atoms with Gasteiger partial charge in [0, 0.05) is 17.8 Å².